The van der Waals surface area contributed by atoms with Crippen LogP contribution in [-0.4, -0.2) is 17.1 Å². The van der Waals surface area contributed by atoms with Crippen LogP contribution in [0.3, 0.4) is 0 Å². The lowest BCUT2D eigenvalue weighted by atomic mass is 10.3. The van der Waals surface area contributed by atoms with Crippen molar-refractivity contribution in [1.29, 1.82) is 5.41 Å². The average Bonchev–Trinajstić information content (AvgIpc) is 2.53. The Kier molecular flexibility index (Phi) is 3.43. The first-order valence-corrected chi connectivity index (χ1v) is 4.12. The van der Waals surface area contributed by atoms with E-state index >= 15 is 0 Å². The molecule has 0 saturated heterocycles. The van der Waals surface area contributed by atoms with Gasteiger partial charge in [0.25, 0.3) is 12.4 Å². The van der Waals surface area contributed by atoms with Crippen molar-refractivity contribution in [3.63, 3.8) is 0 Å². The number of hydrogen-bond donors (Lipinski definition) is 1. The van der Waals surface area contributed by atoms with Crippen molar-refractivity contribution in [1.82, 2.24) is 0 Å². The minimum Gasteiger partial charge on any atom is -0.285 e. The highest BCUT2D eigenvalue weighted by molar-refractivity contribution is 6.30. The van der Waals surface area contributed by atoms with Gasteiger partial charge in [-0.05, 0) is 16.8 Å². The fourth-order valence-corrected chi connectivity index (χ4v) is 1.17. The number of hydrogen-bond acceptors (Lipinski definition) is 3. The van der Waals surface area contributed by atoms with Gasteiger partial charge in [0.1, 0.15) is 0 Å². The van der Waals surface area contributed by atoms with Crippen LogP contribution in [0.15, 0.2) is 29.5 Å². The van der Waals surface area contributed by atoms with Gasteiger partial charge in [-0.25, -0.2) is 0 Å². The smallest absolute Gasteiger partial charge is 0.285 e. The summed E-state index contributed by atoms with van der Waals surface area (Å²) in [7, 11) is 0. The number of nitrogens with zero attached hydrogens (tertiary/aromatic N) is 2. The maximum Gasteiger partial charge on any atom is 0.292 e. The summed E-state index contributed by atoms with van der Waals surface area (Å²) in [5.41, 5.74) is 0.867. The zero-order chi connectivity index (χ0) is 9.26. The average molecular weight is 233 g/mol. The molecule has 0 radical (unpaired) electrons. The third-order valence-corrected chi connectivity index (χ3v) is 1.92. The largest absolute Gasteiger partial charge is 0.292 e. The third kappa shape index (κ3) is 2.21. The van der Waals surface area contributed by atoms with E-state index in [9.17, 15) is 0 Å². The summed E-state index contributed by atoms with van der Waals surface area (Å²) in [6.07, 6.45) is 0. The summed E-state index contributed by atoms with van der Waals surface area (Å²) in [6, 6.07) is 7.20. The van der Waals surface area contributed by atoms with E-state index in [0.29, 0.717) is 11.6 Å². The van der Waals surface area contributed by atoms with Gasteiger partial charge >= 0.3 is 0 Å². The van der Waals surface area contributed by atoms with E-state index in [4.69, 9.17) is 17.0 Å². The number of rotatable bonds is 1. The van der Waals surface area contributed by atoms with Crippen molar-refractivity contribution >= 4 is 35.6 Å². The molecule has 0 aliphatic carbocycles. The molecule has 0 bridgehead atoms. The van der Waals surface area contributed by atoms with Crippen LogP contribution in [0.25, 0.3) is 0 Å². The van der Waals surface area contributed by atoms with E-state index in [-0.39, 0.29) is 18.3 Å². The summed E-state index contributed by atoms with van der Waals surface area (Å²) in [6.45, 7) is 0.377. The van der Waals surface area contributed by atoms with Crippen molar-refractivity contribution in [2.45, 2.75) is 0 Å². The minimum absolute atomic E-state index is 0. The first-order valence-electron chi connectivity index (χ1n) is 3.74. The van der Waals surface area contributed by atoms with E-state index in [1.807, 2.05) is 12.1 Å². The van der Waals surface area contributed by atoms with Crippen LogP contribution in [0.5, 0.6) is 0 Å². The minimum atomic E-state index is 0. The van der Waals surface area contributed by atoms with Crippen molar-refractivity contribution in [2.24, 2.45) is 5.28 Å². The lowest BCUT2D eigenvalue weighted by Gasteiger charge is -1.90. The number of nitrogens with one attached hydrogen (secondary N) is 1. The Balaban J connectivity index is 0.000000980. The molecular formula is C8H8Cl2N3O+. The van der Waals surface area contributed by atoms with Crippen molar-refractivity contribution in [2.75, 3.05) is 6.54 Å². The van der Waals surface area contributed by atoms with Crippen LogP contribution < -0.4 is 0 Å². The second kappa shape index (κ2) is 4.39. The molecule has 1 aliphatic heterocycles. The van der Waals surface area contributed by atoms with Crippen LogP contribution in [-0.2, 0) is 4.84 Å². The summed E-state index contributed by atoms with van der Waals surface area (Å²) in [4.78, 5) is 4.65. The Bertz CT molecular complexity index is 375. The fourth-order valence-electron chi connectivity index (χ4n) is 1.04. The Hall–Kier alpha value is -1.13. The topological polar surface area (TPSA) is 48.5 Å². The number of halogens is 2. The van der Waals surface area contributed by atoms with Crippen molar-refractivity contribution in [3.05, 3.63) is 29.3 Å². The molecule has 0 unspecified atom stereocenters. The van der Waals surface area contributed by atoms with Gasteiger partial charge in [-0.15, -0.1) is 12.4 Å². The normalized spacial score (nSPS) is 14.4. The zero-order valence-corrected chi connectivity index (χ0v) is 8.68. The van der Waals surface area contributed by atoms with Gasteiger partial charge in [-0.3, -0.25) is 10.2 Å². The van der Waals surface area contributed by atoms with Crippen LogP contribution >= 0.6 is 24.0 Å². The zero-order valence-electron chi connectivity index (χ0n) is 7.11. The highest BCUT2D eigenvalue weighted by atomic mass is 35.5. The summed E-state index contributed by atoms with van der Waals surface area (Å²) in [5, 5.41) is 11.5. The summed E-state index contributed by atoms with van der Waals surface area (Å²) in [5.74, 6) is 0.148. The van der Waals surface area contributed by atoms with Gasteiger partial charge < -0.3 is 0 Å². The van der Waals surface area contributed by atoms with Crippen LogP contribution in [0.1, 0.15) is 0 Å². The molecule has 1 aromatic rings. The molecule has 1 aromatic carbocycles. The molecule has 0 aromatic heterocycles. The van der Waals surface area contributed by atoms with Crippen molar-refractivity contribution in [3.8, 4) is 0 Å². The molecule has 2 rings (SSSR count). The lowest BCUT2D eigenvalue weighted by Crippen LogP contribution is -2.05. The molecule has 0 amide bonds. The van der Waals surface area contributed by atoms with Crippen molar-refractivity contribution < 1.29 is 9.53 Å². The highest BCUT2D eigenvalue weighted by Gasteiger charge is 2.23. The molecule has 1 aliphatic rings. The molecular weight excluding hydrogens is 225 g/mol. The van der Waals surface area contributed by atoms with Gasteiger partial charge in [0.05, 0.1) is 0 Å². The lowest BCUT2D eigenvalue weighted by molar-refractivity contribution is -0.504. The molecule has 0 saturated carbocycles. The Morgan fingerprint density at radius 3 is 2.50 bits per heavy atom. The maximum atomic E-state index is 7.19. The second-order valence-electron chi connectivity index (χ2n) is 2.63. The monoisotopic (exact) mass is 232 g/mol. The third-order valence-electron chi connectivity index (χ3n) is 1.67. The highest BCUT2D eigenvalue weighted by Crippen LogP contribution is 2.18. The maximum absolute atomic E-state index is 7.19. The van der Waals surface area contributed by atoms with Gasteiger partial charge in [0, 0.05) is 17.2 Å². The molecule has 1 heterocycles. The first kappa shape index (κ1) is 10.9. The SMILES string of the molecule is Cl.N=C1C[N+](c2ccc(Cl)cc2)=NO1. The number of benzene rings is 1. The van der Waals surface area contributed by atoms with E-state index < -0.39 is 0 Å². The molecule has 1 N–H and O–H groups in total. The summed E-state index contributed by atoms with van der Waals surface area (Å²) < 4.78 is 1.60. The van der Waals surface area contributed by atoms with E-state index in [1.54, 1.807) is 16.8 Å². The molecule has 0 atom stereocenters. The van der Waals surface area contributed by atoms with E-state index in [0.717, 1.165) is 5.69 Å². The Morgan fingerprint density at radius 1 is 1.36 bits per heavy atom. The van der Waals surface area contributed by atoms with Gasteiger partial charge in [-0.1, -0.05) is 11.6 Å². The second-order valence-corrected chi connectivity index (χ2v) is 3.07. The van der Waals surface area contributed by atoms with Crippen LogP contribution in [0.2, 0.25) is 5.02 Å². The van der Waals surface area contributed by atoms with E-state index in [1.165, 1.54) is 0 Å². The molecule has 14 heavy (non-hydrogen) atoms. The van der Waals surface area contributed by atoms with Crippen LogP contribution in [0.4, 0.5) is 5.69 Å². The molecule has 0 spiro atoms. The van der Waals surface area contributed by atoms with Gasteiger partial charge in [0.15, 0.2) is 0 Å². The van der Waals surface area contributed by atoms with Gasteiger partial charge in [-0.2, -0.15) is 0 Å². The quantitative estimate of drug-likeness (QED) is 0.745. The predicted octanol–water partition coefficient (Wildman–Crippen LogP) is 2.78. The Labute approximate surface area is 92.0 Å². The Morgan fingerprint density at radius 2 is 2.00 bits per heavy atom. The molecule has 0 fully saturated rings. The summed E-state index contributed by atoms with van der Waals surface area (Å²) >= 11 is 5.72. The molecule has 74 valence electrons. The first-order chi connectivity index (χ1) is 6.25. The molecule has 6 heteroatoms. The van der Waals surface area contributed by atoms with Crippen LogP contribution in [0, 0.1) is 5.41 Å². The standard InChI is InChI=1S/C8H7ClN3O.ClH/c9-6-1-3-7(4-2-6)12-5-8(10)13-11-12;/h1-4,10H,5H2;1H/q+1;. The fraction of sp³-hybridized carbons (Fsp3) is 0.125. The predicted molar refractivity (Wildman–Crippen MR) is 54.7 cm³/mol. The van der Waals surface area contributed by atoms with E-state index in [2.05, 4.69) is 10.1 Å². The molecule has 4 nitrogen and oxygen atoms in total. The van der Waals surface area contributed by atoms with Gasteiger partial charge in [0.2, 0.25) is 11.0 Å².